The third-order valence-electron chi connectivity index (χ3n) is 14.1. The highest BCUT2D eigenvalue weighted by molar-refractivity contribution is 6.11. The summed E-state index contributed by atoms with van der Waals surface area (Å²) in [5.41, 5.74) is 14.3. The number of aliphatic hydroxyl groups is 2. The Kier molecular flexibility index (Phi) is 22.9. The molecule has 0 amide bonds. The monoisotopic (exact) mass is 1150 g/mol. The normalized spacial score (nSPS) is 12.6. The Morgan fingerprint density at radius 2 is 1.07 bits per heavy atom. The minimum Gasteiger partial charge on any atom is -0.494 e. The van der Waals surface area contributed by atoms with Crippen molar-refractivity contribution in [3.05, 3.63) is 189 Å². The number of unbranched alkanes of at least 4 members (excludes halogenated alkanes) is 4. The minimum atomic E-state index is -0.604. The standard InChI is InChI=1S/C33H34N4O4.C18H21N3O2.C15H13NO2.C2H6O/c1-22-28(18-24(19-34)33(39)36-22)23-12-14-26(15-13-23)40-17-6-2-5-16-35-20-25(38)21-41-31-11-7-10-30-32(31)27-8-3-4-9-29(27)37-30;1-13-17(11-15(12-20)18(22)21-13)14-5-7-16(8-6-14)23-10-4-2-3-9-19;1-2-5-12-11(4-1)15-13(16-12)6-3-7-14(15)18-9-10-8-17-10;1-2-3/h3-4,7-15,18,25,35,37-38H,2,5-6,16-17,20-21H2,1H3,(H,36,39);5-8,11H,2-4,9-10,19H2,1H3,(H,21,22);1-7,10,16H,8-9H2;3H,2H2,1H3. The third-order valence-corrected chi connectivity index (χ3v) is 14.1. The van der Waals surface area contributed by atoms with Crippen molar-refractivity contribution in [3.8, 4) is 57.4 Å². The summed E-state index contributed by atoms with van der Waals surface area (Å²) in [6.45, 7) is 10.5. The van der Waals surface area contributed by atoms with Crippen LogP contribution in [-0.2, 0) is 4.74 Å². The number of nitrogens with zero attached hydrogens (tertiary/aromatic N) is 2. The first-order chi connectivity index (χ1) is 41.5. The zero-order valence-electron chi connectivity index (χ0n) is 48.3. The largest absolute Gasteiger partial charge is 0.494 e. The van der Waals surface area contributed by atoms with E-state index in [2.05, 4.69) is 55.6 Å². The third kappa shape index (κ3) is 17.2. The Labute approximate surface area is 493 Å². The zero-order chi connectivity index (χ0) is 59.9. The SMILES string of the molecule is CCO.Cc1[nH]c(=O)c(C#N)cc1-c1ccc(OCCCCCN)cc1.Cc1[nH]c(=O)c(C#N)cc1-c1ccc(OCCCCCNCC(O)COc2cccc3[nH]c4ccccc4c23)cc1.c1ccc2c(c1)[nH]c1cccc(OCC3CO3)c12. The van der Waals surface area contributed by atoms with E-state index in [1.807, 2.05) is 129 Å². The fourth-order valence-corrected chi connectivity index (χ4v) is 9.64. The Morgan fingerprint density at radius 3 is 1.54 bits per heavy atom. The van der Waals surface area contributed by atoms with E-state index in [4.69, 9.17) is 45.0 Å². The van der Waals surface area contributed by atoms with Crippen LogP contribution in [0.2, 0.25) is 0 Å². The molecule has 1 aliphatic rings. The number of aliphatic hydroxyl groups excluding tert-OH is 2. The number of hydrogen-bond donors (Lipinski definition) is 8. The summed E-state index contributed by atoms with van der Waals surface area (Å²) in [6, 6.07) is 50.9. The maximum atomic E-state index is 11.8. The van der Waals surface area contributed by atoms with Crippen LogP contribution in [0.3, 0.4) is 0 Å². The lowest BCUT2D eigenvalue weighted by Crippen LogP contribution is -2.32. The smallest absolute Gasteiger partial charge is 0.266 e. The quantitative estimate of drug-likeness (QED) is 0.0219. The zero-order valence-corrected chi connectivity index (χ0v) is 48.3. The fourth-order valence-electron chi connectivity index (χ4n) is 9.64. The average molecular weight is 1150 g/mol. The summed E-state index contributed by atoms with van der Waals surface area (Å²) in [6.07, 6.45) is 5.68. The Balaban J connectivity index is 0.000000179. The number of ether oxygens (including phenoxy) is 5. The summed E-state index contributed by atoms with van der Waals surface area (Å²) in [4.78, 5) is 35.6. The van der Waals surface area contributed by atoms with Crippen molar-refractivity contribution in [2.75, 3.05) is 59.3 Å². The Hall–Kier alpha value is -9.20. The molecule has 2 unspecified atom stereocenters. The molecule has 0 bridgehead atoms. The maximum Gasteiger partial charge on any atom is 0.266 e. The van der Waals surface area contributed by atoms with Gasteiger partial charge in [0.25, 0.3) is 11.1 Å². The van der Waals surface area contributed by atoms with E-state index >= 15 is 0 Å². The van der Waals surface area contributed by atoms with Crippen LogP contribution in [0.15, 0.2) is 155 Å². The van der Waals surface area contributed by atoms with Gasteiger partial charge in [-0.05, 0) is 156 Å². The lowest BCUT2D eigenvalue weighted by Gasteiger charge is -2.14. The number of pyridine rings is 2. The van der Waals surface area contributed by atoms with Gasteiger partial charge in [-0.15, -0.1) is 0 Å². The van der Waals surface area contributed by atoms with Crippen LogP contribution < -0.4 is 41.1 Å². The minimum absolute atomic E-state index is 0.0996. The highest BCUT2D eigenvalue weighted by Crippen LogP contribution is 2.35. The topological polar surface area (TPSA) is 273 Å². The van der Waals surface area contributed by atoms with Crippen LogP contribution in [0.25, 0.3) is 65.9 Å². The molecule has 17 nitrogen and oxygen atoms in total. The Bertz CT molecular complexity index is 3960. The maximum absolute atomic E-state index is 11.8. The number of para-hydroxylation sites is 2. The molecule has 0 aliphatic carbocycles. The first-order valence-corrected chi connectivity index (χ1v) is 28.8. The molecule has 1 saturated heterocycles. The molecule has 6 aromatic carbocycles. The number of fused-ring (bicyclic) bond motifs is 6. The van der Waals surface area contributed by atoms with Crippen molar-refractivity contribution in [1.82, 2.24) is 25.3 Å². The predicted octanol–water partition coefficient (Wildman–Crippen LogP) is 11.3. The van der Waals surface area contributed by atoms with Crippen molar-refractivity contribution >= 4 is 43.6 Å². The van der Waals surface area contributed by atoms with Crippen LogP contribution in [0.4, 0.5) is 0 Å². The van der Waals surface area contributed by atoms with E-state index < -0.39 is 6.10 Å². The van der Waals surface area contributed by atoms with E-state index in [0.717, 1.165) is 153 Å². The summed E-state index contributed by atoms with van der Waals surface area (Å²) in [7, 11) is 0. The molecule has 11 rings (SSSR count). The second kappa shape index (κ2) is 31.5. The number of epoxide rings is 1. The van der Waals surface area contributed by atoms with Crippen LogP contribution in [-0.4, -0.2) is 102 Å². The van der Waals surface area contributed by atoms with Gasteiger partial charge >= 0.3 is 0 Å². The van der Waals surface area contributed by atoms with Crippen molar-refractivity contribution in [1.29, 1.82) is 10.5 Å². The Morgan fingerprint density at radius 1 is 0.612 bits per heavy atom. The fraction of sp³-hybridized carbons (Fsp3) is 0.294. The van der Waals surface area contributed by atoms with Crippen LogP contribution in [0.5, 0.6) is 23.0 Å². The highest BCUT2D eigenvalue weighted by atomic mass is 16.6. The van der Waals surface area contributed by atoms with E-state index in [-0.39, 0.29) is 41.6 Å². The average Bonchev–Trinajstić information content (AvgIpc) is 2.52. The molecule has 440 valence electrons. The van der Waals surface area contributed by atoms with Crippen LogP contribution >= 0.6 is 0 Å². The number of rotatable bonds is 23. The number of hydrogen-bond acceptors (Lipinski definition) is 13. The molecule has 1 fully saturated rings. The summed E-state index contributed by atoms with van der Waals surface area (Å²) in [5, 5.41) is 43.9. The number of aromatic amines is 4. The molecule has 10 aromatic rings. The number of nitrogens with two attached hydrogens (primary N) is 1. The molecule has 0 spiro atoms. The van der Waals surface area contributed by atoms with Crippen molar-refractivity contribution in [2.45, 2.75) is 71.5 Å². The molecule has 5 heterocycles. The van der Waals surface area contributed by atoms with Crippen molar-refractivity contribution in [2.24, 2.45) is 5.73 Å². The second-order valence-electron chi connectivity index (χ2n) is 20.4. The first-order valence-electron chi connectivity index (χ1n) is 28.8. The van der Waals surface area contributed by atoms with Gasteiger partial charge in [0.15, 0.2) is 0 Å². The van der Waals surface area contributed by atoms with E-state index in [0.29, 0.717) is 26.4 Å². The number of benzene rings is 6. The molecule has 0 radical (unpaired) electrons. The molecular weight excluding hydrogens is 1070 g/mol. The van der Waals surface area contributed by atoms with Gasteiger partial charge in [-0.3, -0.25) is 9.59 Å². The number of aromatic nitrogens is 4. The van der Waals surface area contributed by atoms with E-state index in [1.165, 1.54) is 5.39 Å². The summed E-state index contributed by atoms with van der Waals surface area (Å²) >= 11 is 0. The van der Waals surface area contributed by atoms with Crippen molar-refractivity contribution in [3.63, 3.8) is 0 Å². The number of aryl methyl sites for hydroxylation is 2. The van der Waals surface area contributed by atoms with E-state index in [9.17, 15) is 14.7 Å². The first kappa shape index (κ1) is 61.9. The molecule has 4 aromatic heterocycles. The van der Waals surface area contributed by atoms with Crippen molar-refractivity contribution < 1.29 is 33.9 Å². The lowest BCUT2D eigenvalue weighted by atomic mass is 10.0. The lowest BCUT2D eigenvalue weighted by molar-refractivity contribution is 0.107. The van der Waals surface area contributed by atoms with Gasteiger partial charge in [-0.1, -0.05) is 72.8 Å². The molecule has 0 saturated carbocycles. The summed E-state index contributed by atoms with van der Waals surface area (Å²) < 4.78 is 28.6. The van der Waals surface area contributed by atoms with E-state index in [1.54, 1.807) is 19.1 Å². The molecule has 17 heteroatoms. The number of nitriles is 2. The van der Waals surface area contributed by atoms with Gasteiger partial charge in [0.05, 0.1) is 30.9 Å². The van der Waals surface area contributed by atoms with Crippen LogP contribution in [0, 0.1) is 36.5 Å². The summed E-state index contributed by atoms with van der Waals surface area (Å²) in [5.74, 6) is 3.29. The molecule has 85 heavy (non-hydrogen) atoms. The van der Waals surface area contributed by atoms with Crippen LogP contribution in [0.1, 0.15) is 68.0 Å². The molecule has 1 aliphatic heterocycles. The molecule has 9 N–H and O–H groups in total. The second-order valence-corrected chi connectivity index (χ2v) is 20.4. The van der Waals surface area contributed by atoms with Gasteiger partial charge in [0.2, 0.25) is 0 Å². The molecular formula is C68H74N8O9. The van der Waals surface area contributed by atoms with Gasteiger partial charge < -0.3 is 64.9 Å². The number of nitrogens with one attached hydrogen (secondary N) is 5. The van der Waals surface area contributed by atoms with Gasteiger partial charge in [-0.25, -0.2) is 0 Å². The molecule has 2 atom stereocenters. The van der Waals surface area contributed by atoms with Gasteiger partial charge in [0.1, 0.15) is 71.7 Å². The van der Waals surface area contributed by atoms with Gasteiger partial charge in [-0.2, -0.15) is 10.5 Å². The predicted molar refractivity (Wildman–Crippen MR) is 336 cm³/mol. The number of H-pyrrole nitrogens is 4. The van der Waals surface area contributed by atoms with Gasteiger partial charge in [0, 0.05) is 68.2 Å². The highest BCUT2D eigenvalue weighted by Gasteiger charge is 2.24.